The molecule has 3 rings (SSSR count). The van der Waals surface area contributed by atoms with Crippen molar-refractivity contribution in [3.63, 3.8) is 0 Å². The van der Waals surface area contributed by atoms with Crippen LogP contribution >= 0.6 is 0 Å². The molecule has 0 amide bonds. The second kappa shape index (κ2) is 5.94. The van der Waals surface area contributed by atoms with Crippen molar-refractivity contribution in [1.29, 1.82) is 0 Å². The summed E-state index contributed by atoms with van der Waals surface area (Å²) in [7, 11) is 1.70. The number of aryl methyl sites for hydroxylation is 2. The van der Waals surface area contributed by atoms with E-state index in [2.05, 4.69) is 65.0 Å². The number of nitrogens with zero attached hydrogens (tertiary/aromatic N) is 1. The Labute approximate surface area is 144 Å². The summed E-state index contributed by atoms with van der Waals surface area (Å²) < 4.78 is 5.37. The van der Waals surface area contributed by atoms with Crippen LogP contribution in [0.3, 0.4) is 0 Å². The molecule has 124 valence electrons. The maximum atomic E-state index is 5.37. The third-order valence-electron chi connectivity index (χ3n) is 4.33. The molecule has 0 atom stereocenters. The number of ether oxygens (including phenoxy) is 1. The van der Waals surface area contributed by atoms with E-state index in [0.717, 1.165) is 22.3 Å². The molecule has 0 aliphatic heterocycles. The fourth-order valence-electron chi connectivity index (χ4n) is 3.18. The number of pyridine rings is 1. The number of rotatable bonds is 2. The lowest BCUT2D eigenvalue weighted by Gasteiger charge is -2.23. The van der Waals surface area contributed by atoms with Gasteiger partial charge >= 0.3 is 0 Å². The largest absolute Gasteiger partial charge is 0.497 e. The maximum absolute atomic E-state index is 5.37. The first kappa shape index (κ1) is 16.5. The molecule has 1 aromatic heterocycles. The summed E-state index contributed by atoms with van der Waals surface area (Å²) in [6.45, 7) is 11.0. The molecule has 2 aromatic carbocycles. The first-order valence-corrected chi connectivity index (χ1v) is 8.36. The molecule has 3 aromatic rings. The Morgan fingerprint density at radius 2 is 1.54 bits per heavy atom. The highest BCUT2D eigenvalue weighted by molar-refractivity contribution is 5.85. The van der Waals surface area contributed by atoms with E-state index in [-0.39, 0.29) is 5.41 Å². The molecular weight excluding hydrogens is 294 g/mol. The predicted octanol–water partition coefficient (Wildman–Crippen LogP) is 5.82. The zero-order valence-electron chi connectivity index (χ0n) is 15.4. The van der Waals surface area contributed by atoms with E-state index in [1.165, 1.54) is 22.3 Å². The van der Waals surface area contributed by atoms with Crippen molar-refractivity contribution in [2.24, 2.45) is 0 Å². The fraction of sp³-hybridized carbons (Fsp3) is 0.318. The van der Waals surface area contributed by atoms with Crippen LogP contribution in [-0.2, 0) is 5.41 Å². The van der Waals surface area contributed by atoms with Gasteiger partial charge in [-0.2, -0.15) is 0 Å². The van der Waals surface area contributed by atoms with E-state index in [0.29, 0.717) is 0 Å². The lowest BCUT2D eigenvalue weighted by Crippen LogP contribution is -2.14. The Morgan fingerprint density at radius 3 is 2.12 bits per heavy atom. The van der Waals surface area contributed by atoms with Crippen LogP contribution in [0.4, 0.5) is 0 Å². The summed E-state index contributed by atoms with van der Waals surface area (Å²) >= 11 is 0. The molecule has 2 nitrogen and oxygen atoms in total. The molecule has 1 heterocycles. The van der Waals surface area contributed by atoms with Gasteiger partial charge in [0.15, 0.2) is 0 Å². The van der Waals surface area contributed by atoms with Gasteiger partial charge in [-0.15, -0.1) is 0 Å². The Hall–Kier alpha value is -2.35. The second-order valence-corrected chi connectivity index (χ2v) is 7.57. The van der Waals surface area contributed by atoms with Crippen LogP contribution in [-0.4, -0.2) is 12.1 Å². The smallest absolute Gasteiger partial charge is 0.119 e. The Morgan fingerprint density at radius 1 is 0.875 bits per heavy atom. The summed E-state index contributed by atoms with van der Waals surface area (Å²) in [6.07, 6.45) is 0. The van der Waals surface area contributed by atoms with Crippen LogP contribution < -0.4 is 4.74 Å². The molecule has 0 fully saturated rings. The highest BCUT2D eigenvalue weighted by Crippen LogP contribution is 2.35. The highest BCUT2D eigenvalue weighted by atomic mass is 16.5. The minimum atomic E-state index is 0.0112. The zero-order valence-corrected chi connectivity index (χ0v) is 15.4. The molecule has 0 saturated carbocycles. The van der Waals surface area contributed by atoms with E-state index in [4.69, 9.17) is 9.72 Å². The summed E-state index contributed by atoms with van der Waals surface area (Å²) in [5, 5.41) is 1.12. The van der Waals surface area contributed by atoms with Gasteiger partial charge in [0.1, 0.15) is 5.75 Å². The van der Waals surface area contributed by atoms with Gasteiger partial charge in [0.25, 0.3) is 0 Å². The van der Waals surface area contributed by atoms with Crippen molar-refractivity contribution in [2.75, 3.05) is 7.11 Å². The van der Waals surface area contributed by atoms with Crippen LogP contribution in [0, 0.1) is 13.8 Å². The molecule has 0 aliphatic carbocycles. The Kier molecular flexibility index (Phi) is 4.08. The van der Waals surface area contributed by atoms with E-state index in [9.17, 15) is 0 Å². The quantitative estimate of drug-likeness (QED) is 0.593. The molecule has 2 heteroatoms. The number of hydrogen-bond acceptors (Lipinski definition) is 2. The fourth-order valence-corrected chi connectivity index (χ4v) is 3.18. The van der Waals surface area contributed by atoms with E-state index >= 15 is 0 Å². The predicted molar refractivity (Wildman–Crippen MR) is 102 cm³/mol. The van der Waals surface area contributed by atoms with Gasteiger partial charge in [0, 0.05) is 10.9 Å². The summed E-state index contributed by atoms with van der Waals surface area (Å²) in [5.74, 6) is 0.864. The topological polar surface area (TPSA) is 22.1 Å². The average Bonchev–Trinajstić information content (AvgIpc) is 2.51. The van der Waals surface area contributed by atoms with Gasteiger partial charge in [-0.1, -0.05) is 38.0 Å². The lowest BCUT2D eigenvalue weighted by molar-refractivity contribution is 0.415. The summed E-state index contributed by atoms with van der Waals surface area (Å²) in [6, 6.07) is 15.0. The Balaban J connectivity index is 2.32. The molecule has 0 aliphatic rings. The third-order valence-corrected chi connectivity index (χ3v) is 4.33. The van der Waals surface area contributed by atoms with Gasteiger partial charge in [0.2, 0.25) is 0 Å². The van der Waals surface area contributed by atoms with Gasteiger partial charge in [-0.3, -0.25) is 0 Å². The van der Waals surface area contributed by atoms with Crippen molar-refractivity contribution >= 4 is 10.9 Å². The van der Waals surface area contributed by atoms with Crippen LogP contribution in [0.2, 0.25) is 0 Å². The lowest BCUT2D eigenvalue weighted by atomic mass is 9.83. The van der Waals surface area contributed by atoms with Gasteiger partial charge < -0.3 is 4.74 Å². The second-order valence-electron chi connectivity index (χ2n) is 7.57. The van der Waals surface area contributed by atoms with E-state index in [1.54, 1.807) is 7.11 Å². The number of hydrogen-bond donors (Lipinski definition) is 0. The van der Waals surface area contributed by atoms with Crippen LogP contribution in [0.15, 0.2) is 42.5 Å². The van der Waals surface area contributed by atoms with Gasteiger partial charge in [0.05, 0.1) is 18.3 Å². The minimum Gasteiger partial charge on any atom is -0.497 e. The highest BCUT2D eigenvalue weighted by Gasteiger charge is 2.21. The van der Waals surface area contributed by atoms with Crippen molar-refractivity contribution in [2.45, 2.75) is 40.0 Å². The zero-order chi connectivity index (χ0) is 17.5. The normalized spacial score (nSPS) is 11.8. The van der Waals surface area contributed by atoms with Crippen LogP contribution in [0.5, 0.6) is 5.75 Å². The van der Waals surface area contributed by atoms with Crippen LogP contribution in [0.1, 0.15) is 37.5 Å². The molecule has 0 bridgehead atoms. The first-order chi connectivity index (χ1) is 11.3. The number of aromatic nitrogens is 1. The number of benzene rings is 2. The van der Waals surface area contributed by atoms with E-state index < -0.39 is 0 Å². The number of methoxy groups -OCH3 is 1. The van der Waals surface area contributed by atoms with Crippen molar-refractivity contribution in [3.05, 3.63) is 59.2 Å². The molecule has 0 unspecified atom stereocenters. The van der Waals surface area contributed by atoms with Gasteiger partial charge in [-0.25, -0.2) is 4.98 Å². The summed E-state index contributed by atoms with van der Waals surface area (Å²) in [5.41, 5.74) is 7.06. The first-order valence-electron chi connectivity index (χ1n) is 8.36. The SMILES string of the molecule is COc1ccc2nc(-c3cc(C)cc(C)c3)c(C(C)(C)C)cc2c1. The van der Waals surface area contributed by atoms with Crippen molar-refractivity contribution in [3.8, 4) is 17.0 Å². The maximum Gasteiger partial charge on any atom is 0.119 e. The van der Waals surface area contributed by atoms with Crippen LogP contribution in [0.25, 0.3) is 22.2 Å². The van der Waals surface area contributed by atoms with Gasteiger partial charge in [-0.05, 0) is 61.2 Å². The minimum absolute atomic E-state index is 0.0112. The third kappa shape index (κ3) is 3.14. The molecule has 0 radical (unpaired) electrons. The number of fused-ring (bicyclic) bond motifs is 1. The molecule has 0 N–H and O–H groups in total. The standard InChI is InChI=1S/C22H25NO/c1-14-9-15(2)11-17(10-14)21-19(22(3,4)5)13-16-12-18(24-6)7-8-20(16)23-21/h7-13H,1-6H3. The summed E-state index contributed by atoms with van der Waals surface area (Å²) in [4.78, 5) is 5.01. The molecule has 0 saturated heterocycles. The average molecular weight is 319 g/mol. The molecule has 24 heavy (non-hydrogen) atoms. The molecular formula is C22H25NO. The van der Waals surface area contributed by atoms with E-state index in [1.807, 2.05) is 12.1 Å². The monoisotopic (exact) mass is 319 g/mol. The molecule has 0 spiro atoms. The van der Waals surface area contributed by atoms with Crippen molar-refractivity contribution < 1.29 is 4.74 Å². The Bertz CT molecular complexity index is 883. The van der Waals surface area contributed by atoms with Crippen molar-refractivity contribution in [1.82, 2.24) is 4.98 Å².